The first kappa shape index (κ1) is 15.6. The van der Waals surface area contributed by atoms with Gasteiger partial charge in [0.05, 0.1) is 23.3 Å². The monoisotopic (exact) mass is 295 g/mol. The second kappa shape index (κ2) is 7.28. The standard InChI is InChI=1S/C18H17NO3/c1-13(2)22-17-9-15(11-19)8-16(10-17)18(20)21-12-14-6-4-3-5-7-14/h3-10,13H,12H2,1-2H3. The van der Waals surface area contributed by atoms with E-state index in [1.807, 2.05) is 50.2 Å². The van der Waals surface area contributed by atoms with E-state index in [9.17, 15) is 4.79 Å². The molecule has 0 saturated carbocycles. The van der Waals surface area contributed by atoms with Crippen LogP contribution < -0.4 is 4.74 Å². The highest BCUT2D eigenvalue weighted by molar-refractivity contribution is 5.90. The maximum absolute atomic E-state index is 12.1. The summed E-state index contributed by atoms with van der Waals surface area (Å²) in [5.74, 6) is 0.00951. The SMILES string of the molecule is CC(C)Oc1cc(C#N)cc(C(=O)OCc2ccccc2)c1. The zero-order valence-electron chi connectivity index (χ0n) is 12.6. The normalized spacial score (nSPS) is 10.1. The van der Waals surface area contributed by atoms with Gasteiger partial charge < -0.3 is 9.47 Å². The summed E-state index contributed by atoms with van der Waals surface area (Å²) in [5.41, 5.74) is 1.58. The Morgan fingerprint density at radius 3 is 2.55 bits per heavy atom. The number of benzene rings is 2. The highest BCUT2D eigenvalue weighted by Gasteiger charge is 2.12. The van der Waals surface area contributed by atoms with Crippen molar-refractivity contribution < 1.29 is 14.3 Å². The van der Waals surface area contributed by atoms with E-state index in [0.29, 0.717) is 16.9 Å². The van der Waals surface area contributed by atoms with Crippen LogP contribution in [-0.2, 0) is 11.3 Å². The smallest absolute Gasteiger partial charge is 0.338 e. The minimum Gasteiger partial charge on any atom is -0.491 e. The molecular weight excluding hydrogens is 278 g/mol. The van der Waals surface area contributed by atoms with Gasteiger partial charge in [0.15, 0.2) is 0 Å². The Labute approximate surface area is 129 Å². The van der Waals surface area contributed by atoms with E-state index >= 15 is 0 Å². The molecule has 2 aromatic carbocycles. The minimum absolute atomic E-state index is 0.0397. The van der Waals surface area contributed by atoms with E-state index in [2.05, 4.69) is 0 Å². The molecular formula is C18H17NO3. The third-order valence-electron chi connectivity index (χ3n) is 2.86. The molecule has 0 aliphatic carbocycles. The summed E-state index contributed by atoms with van der Waals surface area (Å²) in [6.07, 6.45) is -0.0397. The number of nitriles is 1. The van der Waals surface area contributed by atoms with Crippen LogP contribution in [0.25, 0.3) is 0 Å². The van der Waals surface area contributed by atoms with Crippen LogP contribution in [0.4, 0.5) is 0 Å². The van der Waals surface area contributed by atoms with Crippen LogP contribution in [0.5, 0.6) is 5.75 Å². The quantitative estimate of drug-likeness (QED) is 0.789. The molecule has 0 aliphatic rings. The van der Waals surface area contributed by atoms with Crippen molar-refractivity contribution in [2.45, 2.75) is 26.6 Å². The molecule has 0 fully saturated rings. The van der Waals surface area contributed by atoms with Crippen LogP contribution in [0, 0.1) is 11.3 Å². The Morgan fingerprint density at radius 2 is 1.91 bits per heavy atom. The van der Waals surface area contributed by atoms with Crippen LogP contribution in [0.3, 0.4) is 0 Å². The maximum atomic E-state index is 12.1. The lowest BCUT2D eigenvalue weighted by Crippen LogP contribution is -2.09. The van der Waals surface area contributed by atoms with E-state index in [1.165, 1.54) is 6.07 Å². The molecule has 0 atom stereocenters. The first-order valence-corrected chi connectivity index (χ1v) is 7.01. The molecule has 0 N–H and O–H groups in total. The van der Waals surface area contributed by atoms with Gasteiger partial charge in [-0.25, -0.2) is 4.79 Å². The first-order valence-electron chi connectivity index (χ1n) is 7.01. The van der Waals surface area contributed by atoms with Gasteiger partial charge in [-0.15, -0.1) is 0 Å². The van der Waals surface area contributed by atoms with Gasteiger partial charge in [-0.3, -0.25) is 0 Å². The lowest BCUT2D eigenvalue weighted by Gasteiger charge is -2.11. The highest BCUT2D eigenvalue weighted by atomic mass is 16.5. The summed E-state index contributed by atoms with van der Waals surface area (Å²) in [5, 5.41) is 9.05. The Hall–Kier alpha value is -2.80. The molecule has 112 valence electrons. The Kier molecular flexibility index (Phi) is 5.16. The molecule has 0 unspecified atom stereocenters. The van der Waals surface area contributed by atoms with Crippen molar-refractivity contribution in [1.82, 2.24) is 0 Å². The molecule has 0 spiro atoms. The average molecular weight is 295 g/mol. The van der Waals surface area contributed by atoms with Gasteiger partial charge in [-0.2, -0.15) is 5.26 Å². The number of esters is 1. The van der Waals surface area contributed by atoms with Crippen LogP contribution in [-0.4, -0.2) is 12.1 Å². The lowest BCUT2D eigenvalue weighted by molar-refractivity contribution is 0.0472. The number of carbonyl (C=O) groups excluding carboxylic acids is 1. The maximum Gasteiger partial charge on any atom is 0.338 e. The third-order valence-corrected chi connectivity index (χ3v) is 2.86. The van der Waals surface area contributed by atoms with Gasteiger partial charge in [-0.05, 0) is 37.6 Å². The summed E-state index contributed by atoms with van der Waals surface area (Å²) in [6, 6.07) is 16.1. The number of hydrogen-bond donors (Lipinski definition) is 0. The first-order chi connectivity index (χ1) is 10.6. The molecule has 0 heterocycles. The summed E-state index contributed by atoms with van der Waals surface area (Å²) in [6.45, 7) is 3.95. The van der Waals surface area contributed by atoms with Crippen LogP contribution in [0.1, 0.15) is 35.3 Å². The summed E-state index contributed by atoms with van der Waals surface area (Å²) >= 11 is 0. The van der Waals surface area contributed by atoms with Crippen molar-refractivity contribution in [1.29, 1.82) is 5.26 Å². The van der Waals surface area contributed by atoms with E-state index in [-0.39, 0.29) is 12.7 Å². The number of carbonyl (C=O) groups is 1. The van der Waals surface area contributed by atoms with Crippen molar-refractivity contribution in [2.24, 2.45) is 0 Å². The second-order valence-corrected chi connectivity index (χ2v) is 5.09. The van der Waals surface area contributed by atoms with Crippen LogP contribution >= 0.6 is 0 Å². The number of ether oxygens (including phenoxy) is 2. The fourth-order valence-corrected chi connectivity index (χ4v) is 1.93. The fraction of sp³-hybridized carbons (Fsp3) is 0.222. The number of hydrogen-bond acceptors (Lipinski definition) is 4. The minimum atomic E-state index is -0.477. The Bertz CT molecular complexity index is 687. The molecule has 2 aromatic rings. The van der Waals surface area contributed by atoms with Gasteiger partial charge in [0.1, 0.15) is 12.4 Å². The number of rotatable bonds is 5. The van der Waals surface area contributed by atoms with Gasteiger partial charge in [-0.1, -0.05) is 30.3 Å². The van der Waals surface area contributed by atoms with E-state index in [0.717, 1.165) is 5.56 Å². The van der Waals surface area contributed by atoms with Crippen molar-refractivity contribution >= 4 is 5.97 Å². The molecule has 2 rings (SSSR count). The van der Waals surface area contributed by atoms with E-state index in [4.69, 9.17) is 14.7 Å². The number of nitrogens with zero attached hydrogens (tertiary/aromatic N) is 1. The van der Waals surface area contributed by atoms with Gasteiger partial charge in [0.25, 0.3) is 0 Å². The Morgan fingerprint density at radius 1 is 1.18 bits per heavy atom. The second-order valence-electron chi connectivity index (χ2n) is 5.09. The Balaban J connectivity index is 2.13. The van der Waals surface area contributed by atoms with Crippen LogP contribution in [0.2, 0.25) is 0 Å². The molecule has 0 bridgehead atoms. The molecule has 4 nitrogen and oxygen atoms in total. The molecule has 4 heteroatoms. The molecule has 0 aromatic heterocycles. The summed E-state index contributed by atoms with van der Waals surface area (Å²) in [4.78, 5) is 12.1. The zero-order chi connectivity index (χ0) is 15.9. The predicted octanol–water partition coefficient (Wildman–Crippen LogP) is 3.70. The van der Waals surface area contributed by atoms with Crippen molar-refractivity contribution in [3.63, 3.8) is 0 Å². The molecule has 22 heavy (non-hydrogen) atoms. The fourth-order valence-electron chi connectivity index (χ4n) is 1.93. The highest BCUT2D eigenvalue weighted by Crippen LogP contribution is 2.19. The summed E-state index contributed by atoms with van der Waals surface area (Å²) in [7, 11) is 0. The van der Waals surface area contributed by atoms with Gasteiger partial charge in [0.2, 0.25) is 0 Å². The van der Waals surface area contributed by atoms with Gasteiger partial charge >= 0.3 is 5.97 Å². The molecule has 0 saturated heterocycles. The van der Waals surface area contributed by atoms with Crippen molar-refractivity contribution in [2.75, 3.05) is 0 Å². The van der Waals surface area contributed by atoms with Crippen molar-refractivity contribution in [3.05, 3.63) is 65.2 Å². The van der Waals surface area contributed by atoms with E-state index < -0.39 is 5.97 Å². The average Bonchev–Trinajstić information content (AvgIpc) is 2.52. The third kappa shape index (κ3) is 4.35. The zero-order valence-corrected chi connectivity index (χ0v) is 12.6. The van der Waals surface area contributed by atoms with Crippen LogP contribution in [0.15, 0.2) is 48.5 Å². The van der Waals surface area contributed by atoms with Gasteiger partial charge in [0, 0.05) is 0 Å². The summed E-state index contributed by atoms with van der Waals surface area (Å²) < 4.78 is 10.8. The predicted molar refractivity (Wildman–Crippen MR) is 82.5 cm³/mol. The molecule has 0 aliphatic heterocycles. The lowest BCUT2D eigenvalue weighted by atomic mass is 10.1. The molecule has 0 radical (unpaired) electrons. The van der Waals surface area contributed by atoms with E-state index in [1.54, 1.807) is 12.1 Å². The molecule has 0 amide bonds. The largest absolute Gasteiger partial charge is 0.491 e. The topological polar surface area (TPSA) is 59.3 Å². The van der Waals surface area contributed by atoms with Crippen molar-refractivity contribution in [3.8, 4) is 11.8 Å².